The van der Waals surface area contributed by atoms with E-state index in [-0.39, 0.29) is 6.54 Å². The van der Waals surface area contributed by atoms with Crippen LogP contribution in [0.4, 0.5) is 0 Å². The largest absolute Gasteiger partial charge is 0.329 e. The third-order valence-corrected chi connectivity index (χ3v) is 2.75. The van der Waals surface area contributed by atoms with Crippen LogP contribution in [0.3, 0.4) is 0 Å². The minimum atomic E-state index is -0.523. The number of amides is 1. The summed E-state index contributed by atoms with van der Waals surface area (Å²) in [5, 5.41) is 8.62. The Morgan fingerprint density at radius 1 is 1.60 bits per heavy atom. The van der Waals surface area contributed by atoms with Crippen LogP contribution >= 0.6 is 0 Å². The van der Waals surface area contributed by atoms with Crippen LogP contribution in [0.25, 0.3) is 0 Å². The number of hydrogen-bond acceptors (Lipinski definition) is 6. The van der Waals surface area contributed by atoms with Crippen molar-refractivity contribution in [2.24, 2.45) is 11.7 Å². The fourth-order valence-electron chi connectivity index (χ4n) is 1.90. The van der Waals surface area contributed by atoms with Crippen molar-refractivity contribution >= 4 is 5.91 Å². The molecule has 110 valence electrons. The Labute approximate surface area is 118 Å². The highest BCUT2D eigenvalue weighted by molar-refractivity contribution is 5.79. The summed E-state index contributed by atoms with van der Waals surface area (Å²) in [6, 6.07) is 0. The minimum absolute atomic E-state index is 0.150. The smallest absolute Gasteiger partial charge is 0.251 e. The van der Waals surface area contributed by atoms with Crippen LogP contribution in [0.5, 0.6) is 0 Å². The highest BCUT2D eigenvalue weighted by atomic mass is 16.5. The van der Waals surface area contributed by atoms with Gasteiger partial charge in [0.1, 0.15) is 0 Å². The lowest BCUT2D eigenvalue weighted by Crippen LogP contribution is -2.32. The molecule has 1 heterocycles. The lowest BCUT2D eigenvalue weighted by atomic mass is 10.1. The highest BCUT2D eigenvalue weighted by Crippen LogP contribution is 2.06. The number of carbonyl (C=O) groups is 1. The minimum Gasteiger partial charge on any atom is -0.329 e. The van der Waals surface area contributed by atoms with Gasteiger partial charge in [-0.3, -0.25) is 24.9 Å². The standard InChI is InChI=1S/C13H21N5O2/c1-10(5-11(6-14)13(19)17-20)8-18(2)9-12-7-15-3-4-16-12/h3-5,7,11,20H,6,8-9,14H2,1-2H3,(H,17,19)/b10-5-. The molecule has 1 atom stereocenters. The van der Waals surface area contributed by atoms with Crippen molar-refractivity contribution in [1.29, 1.82) is 0 Å². The maximum Gasteiger partial charge on any atom is 0.251 e. The van der Waals surface area contributed by atoms with E-state index in [4.69, 9.17) is 10.9 Å². The molecule has 1 aromatic heterocycles. The van der Waals surface area contributed by atoms with Crippen molar-refractivity contribution in [2.75, 3.05) is 20.1 Å². The van der Waals surface area contributed by atoms with Gasteiger partial charge in [-0.1, -0.05) is 11.6 Å². The summed E-state index contributed by atoms with van der Waals surface area (Å²) in [6.07, 6.45) is 6.77. The van der Waals surface area contributed by atoms with E-state index < -0.39 is 11.8 Å². The zero-order chi connectivity index (χ0) is 15.0. The van der Waals surface area contributed by atoms with Crippen LogP contribution in [-0.4, -0.2) is 46.1 Å². The van der Waals surface area contributed by atoms with Gasteiger partial charge in [0.2, 0.25) is 0 Å². The van der Waals surface area contributed by atoms with Gasteiger partial charge in [0, 0.05) is 38.2 Å². The summed E-state index contributed by atoms with van der Waals surface area (Å²) in [7, 11) is 1.95. The molecule has 0 aliphatic carbocycles. The first kappa shape index (κ1) is 16.2. The number of nitrogens with zero attached hydrogens (tertiary/aromatic N) is 3. The fraction of sp³-hybridized carbons (Fsp3) is 0.462. The second-order valence-electron chi connectivity index (χ2n) is 4.70. The summed E-state index contributed by atoms with van der Waals surface area (Å²) < 4.78 is 0. The molecule has 0 radical (unpaired) electrons. The van der Waals surface area contributed by atoms with Crippen molar-refractivity contribution in [2.45, 2.75) is 13.5 Å². The van der Waals surface area contributed by atoms with Crippen molar-refractivity contribution in [1.82, 2.24) is 20.3 Å². The Bertz CT molecular complexity index is 449. The summed E-state index contributed by atoms with van der Waals surface area (Å²) >= 11 is 0. The first-order chi connectivity index (χ1) is 9.56. The lowest BCUT2D eigenvalue weighted by Gasteiger charge is -2.17. The Balaban J connectivity index is 2.55. The van der Waals surface area contributed by atoms with Crippen LogP contribution in [-0.2, 0) is 11.3 Å². The number of nitrogens with one attached hydrogen (secondary N) is 1. The summed E-state index contributed by atoms with van der Waals surface area (Å²) in [5.74, 6) is -1.02. The Hall–Kier alpha value is -1.83. The predicted molar refractivity (Wildman–Crippen MR) is 74.6 cm³/mol. The quantitative estimate of drug-likeness (QED) is 0.367. The molecule has 0 fully saturated rings. The molecule has 7 nitrogen and oxygen atoms in total. The normalized spacial score (nSPS) is 13.3. The number of nitrogens with two attached hydrogens (primary N) is 1. The topological polar surface area (TPSA) is 104 Å². The van der Waals surface area contributed by atoms with E-state index in [1.165, 1.54) is 0 Å². The van der Waals surface area contributed by atoms with E-state index in [9.17, 15) is 4.79 Å². The second-order valence-corrected chi connectivity index (χ2v) is 4.70. The van der Waals surface area contributed by atoms with E-state index in [1.807, 2.05) is 14.0 Å². The zero-order valence-corrected chi connectivity index (χ0v) is 11.8. The van der Waals surface area contributed by atoms with Gasteiger partial charge in [0.05, 0.1) is 11.6 Å². The number of rotatable bonds is 7. The molecule has 0 spiro atoms. The van der Waals surface area contributed by atoms with Gasteiger partial charge in [-0.15, -0.1) is 0 Å². The molecule has 0 saturated carbocycles. The Morgan fingerprint density at radius 3 is 2.90 bits per heavy atom. The molecule has 1 rings (SSSR count). The van der Waals surface area contributed by atoms with Gasteiger partial charge in [-0.05, 0) is 14.0 Å². The summed E-state index contributed by atoms with van der Waals surface area (Å²) in [5.41, 5.74) is 9.00. The maximum absolute atomic E-state index is 11.3. The van der Waals surface area contributed by atoms with Gasteiger partial charge in [-0.2, -0.15) is 0 Å². The van der Waals surface area contributed by atoms with Crippen LogP contribution in [0.1, 0.15) is 12.6 Å². The summed E-state index contributed by atoms with van der Waals surface area (Å²) in [6.45, 7) is 3.41. The predicted octanol–water partition coefficient (Wildman–Crippen LogP) is -0.0650. The van der Waals surface area contributed by atoms with Gasteiger partial charge in [0.25, 0.3) is 5.91 Å². The van der Waals surface area contributed by atoms with E-state index in [2.05, 4.69) is 14.9 Å². The average Bonchev–Trinajstić information content (AvgIpc) is 2.44. The molecule has 0 saturated heterocycles. The van der Waals surface area contributed by atoms with E-state index in [1.54, 1.807) is 30.1 Å². The Kier molecular flexibility index (Phi) is 6.78. The van der Waals surface area contributed by atoms with Crippen LogP contribution in [0.2, 0.25) is 0 Å². The van der Waals surface area contributed by atoms with E-state index in [0.717, 1.165) is 11.3 Å². The molecule has 1 aromatic rings. The number of hydrogen-bond donors (Lipinski definition) is 3. The molecule has 0 aromatic carbocycles. The number of carbonyl (C=O) groups excluding carboxylic acids is 1. The van der Waals surface area contributed by atoms with Crippen molar-refractivity contribution in [3.63, 3.8) is 0 Å². The first-order valence-corrected chi connectivity index (χ1v) is 6.31. The van der Waals surface area contributed by atoms with Crippen LogP contribution < -0.4 is 11.2 Å². The molecule has 4 N–H and O–H groups in total. The molecular formula is C13H21N5O2. The van der Waals surface area contributed by atoms with Crippen molar-refractivity contribution in [3.05, 3.63) is 35.9 Å². The molecule has 0 aliphatic heterocycles. The fourth-order valence-corrected chi connectivity index (χ4v) is 1.90. The van der Waals surface area contributed by atoms with Gasteiger partial charge < -0.3 is 5.73 Å². The SMILES string of the molecule is C/C(=C/C(CN)C(=O)NO)CN(C)Cc1cnccn1. The number of hydroxylamine groups is 1. The molecule has 7 heteroatoms. The molecule has 0 aliphatic rings. The number of likely N-dealkylation sites (N-methyl/N-ethyl adjacent to an activating group) is 1. The van der Waals surface area contributed by atoms with E-state index >= 15 is 0 Å². The molecule has 0 bridgehead atoms. The monoisotopic (exact) mass is 279 g/mol. The third kappa shape index (κ3) is 5.43. The van der Waals surface area contributed by atoms with Crippen LogP contribution in [0.15, 0.2) is 30.2 Å². The average molecular weight is 279 g/mol. The molecular weight excluding hydrogens is 258 g/mol. The lowest BCUT2D eigenvalue weighted by molar-refractivity contribution is -0.131. The Morgan fingerprint density at radius 2 is 2.35 bits per heavy atom. The number of aromatic nitrogens is 2. The van der Waals surface area contributed by atoms with E-state index in [0.29, 0.717) is 13.1 Å². The van der Waals surface area contributed by atoms with Crippen molar-refractivity contribution < 1.29 is 10.0 Å². The molecule has 1 amide bonds. The molecule has 20 heavy (non-hydrogen) atoms. The van der Waals surface area contributed by atoms with Crippen LogP contribution in [0, 0.1) is 5.92 Å². The highest BCUT2D eigenvalue weighted by Gasteiger charge is 2.13. The van der Waals surface area contributed by atoms with Gasteiger partial charge >= 0.3 is 0 Å². The first-order valence-electron chi connectivity index (χ1n) is 6.31. The maximum atomic E-state index is 11.3. The van der Waals surface area contributed by atoms with Crippen molar-refractivity contribution in [3.8, 4) is 0 Å². The van der Waals surface area contributed by atoms with Gasteiger partial charge in [-0.25, -0.2) is 5.48 Å². The zero-order valence-electron chi connectivity index (χ0n) is 11.8. The van der Waals surface area contributed by atoms with Gasteiger partial charge in [0.15, 0.2) is 0 Å². The summed E-state index contributed by atoms with van der Waals surface area (Å²) in [4.78, 5) is 21.6. The third-order valence-electron chi connectivity index (χ3n) is 2.75. The molecule has 1 unspecified atom stereocenters. The second kappa shape index (κ2) is 8.36.